The van der Waals surface area contributed by atoms with Gasteiger partial charge in [0.05, 0.1) is 19.1 Å². The molecule has 5 rings (SSSR count). The van der Waals surface area contributed by atoms with Crippen LogP contribution >= 0.6 is 0 Å². The largest absolute Gasteiger partial charge is 0.469 e. The lowest BCUT2D eigenvalue weighted by molar-refractivity contribution is -0.164. The first-order valence-electron chi connectivity index (χ1n) is 9.90. The number of esters is 1. The van der Waals surface area contributed by atoms with E-state index in [2.05, 4.69) is 5.32 Å². The van der Waals surface area contributed by atoms with Gasteiger partial charge in [-0.05, 0) is 67.3 Å². The topological polar surface area (TPSA) is 55.4 Å². The van der Waals surface area contributed by atoms with E-state index in [1.807, 2.05) is 30.3 Å². The van der Waals surface area contributed by atoms with Crippen molar-refractivity contribution in [2.45, 2.75) is 51.5 Å². The van der Waals surface area contributed by atoms with Gasteiger partial charge in [-0.3, -0.25) is 9.59 Å². The normalized spacial score (nSPS) is 34.2. The van der Waals surface area contributed by atoms with E-state index >= 15 is 0 Å². The summed E-state index contributed by atoms with van der Waals surface area (Å²) in [5.74, 6) is 1.63. The number of ether oxygens (including phenoxy) is 1. The summed E-state index contributed by atoms with van der Waals surface area (Å²) in [6, 6.07) is 9.61. The lowest BCUT2D eigenvalue weighted by Gasteiger charge is -2.59. The summed E-state index contributed by atoms with van der Waals surface area (Å²) < 4.78 is 5.30. The first-order chi connectivity index (χ1) is 12.5. The molecule has 0 radical (unpaired) electrons. The van der Waals surface area contributed by atoms with Crippen molar-refractivity contribution in [2.75, 3.05) is 7.11 Å². The van der Waals surface area contributed by atoms with Gasteiger partial charge in [-0.15, -0.1) is 0 Å². The molecule has 4 heteroatoms. The van der Waals surface area contributed by atoms with Crippen molar-refractivity contribution in [3.05, 3.63) is 35.9 Å². The molecule has 0 aromatic heterocycles. The van der Waals surface area contributed by atoms with Gasteiger partial charge in [-0.2, -0.15) is 0 Å². The van der Waals surface area contributed by atoms with Crippen molar-refractivity contribution in [1.29, 1.82) is 0 Å². The van der Waals surface area contributed by atoms with Crippen molar-refractivity contribution < 1.29 is 14.3 Å². The highest BCUT2D eigenvalue weighted by Crippen LogP contribution is 2.64. The summed E-state index contributed by atoms with van der Waals surface area (Å²) in [6.07, 6.45) is 7.26. The summed E-state index contributed by atoms with van der Waals surface area (Å²) >= 11 is 0. The molecule has 0 saturated heterocycles. The third kappa shape index (κ3) is 3.04. The SMILES string of the molecule is COC(=O)[C@@H]([C@H](NC(C)=O)c1ccccc1)C12CC3CC(CC(C3)C1)C2. The Labute approximate surface area is 155 Å². The lowest BCUT2D eigenvalue weighted by atomic mass is 9.45. The number of amides is 1. The Hall–Kier alpha value is -1.84. The summed E-state index contributed by atoms with van der Waals surface area (Å²) in [5.41, 5.74) is 0.957. The molecular weight excluding hydrogens is 326 g/mol. The van der Waals surface area contributed by atoms with Crippen LogP contribution in [0.4, 0.5) is 0 Å². The molecule has 1 aromatic carbocycles. The van der Waals surface area contributed by atoms with E-state index < -0.39 is 0 Å². The van der Waals surface area contributed by atoms with Gasteiger partial charge in [-0.25, -0.2) is 0 Å². The van der Waals surface area contributed by atoms with Crippen LogP contribution in [0, 0.1) is 29.1 Å². The van der Waals surface area contributed by atoms with E-state index in [1.54, 1.807) is 0 Å². The Morgan fingerprint density at radius 1 is 1.04 bits per heavy atom. The van der Waals surface area contributed by atoms with E-state index in [4.69, 9.17) is 4.74 Å². The first-order valence-corrected chi connectivity index (χ1v) is 9.90. The molecule has 4 fully saturated rings. The fourth-order valence-corrected chi connectivity index (χ4v) is 6.66. The Kier molecular flexibility index (Phi) is 4.54. The standard InChI is InChI=1S/C22H29NO3/c1-14(24)23-20(18-6-4-3-5-7-18)19(21(25)26-2)22-11-15-8-16(12-22)10-17(9-15)13-22/h3-7,15-17,19-20H,8-13H2,1-2H3,(H,23,24)/t15?,16?,17?,19-,20-,22?/m1/s1. The van der Waals surface area contributed by atoms with Crippen LogP contribution in [0.1, 0.15) is 57.1 Å². The Morgan fingerprint density at radius 2 is 1.58 bits per heavy atom. The maximum atomic E-state index is 13.1. The van der Waals surface area contributed by atoms with Gasteiger partial charge < -0.3 is 10.1 Å². The number of nitrogens with one attached hydrogen (secondary N) is 1. The second kappa shape index (κ2) is 6.71. The van der Waals surface area contributed by atoms with Crippen LogP contribution < -0.4 is 5.32 Å². The summed E-state index contributed by atoms with van der Waals surface area (Å²) in [6.45, 7) is 1.53. The third-order valence-electron chi connectivity index (χ3n) is 7.05. The fourth-order valence-electron chi connectivity index (χ4n) is 6.66. The van der Waals surface area contributed by atoms with Gasteiger partial charge in [0.25, 0.3) is 0 Å². The average Bonchev–Trinajstić information content (AvgIpc) is 2.60. The quantitative estimate of drug-likeness (QED) is 0.816. The van der Waals surface area contributed by atoms with Crippen LogP contribution in [0.2, 0.25) is 0 Å². The van der Waals surface area contributed by atoms with Gasteiger partial charge in [0.1, 0.15) is 0 Å². The fraction of sp³-hybridized carbons (Fsp3) is 0.636. The maximum Gasteiger partial charge on any atom is 0.311 e. The molecule has 1 aromatic rings. The predicted octanol–water partition coefficient (Wildman–Crippen LogP) is 3.87. The van der Waals surface area contributed by atoms with Crippen molar-refractivity contribution in [3.63, 3.8) is 0 Å². The van der Waals surface area contributed by atoms with Gasteiger partial charge in [0.2, 0.25) is 5.91 Å². The van der Waals surface area contributed by atoms with E-state index in [1.165, 1.54) is 33.3 Å². The molecule has 0 spiro atoms. The minimum absolute atomic E-state index is 0.0369. The highest BCUT2D eigenvalue weighted by atomic mass is 16.5. The molecule has 4 aliphatic rings. The molecule has 4 nitrogen and oxygen atoms in total. The molecule has 4 saturated carbocycles. The third-order valence-corrected chi connectivity index (χ3v) is 7.05. The van der Waals surface area contributed by atoms with Crippen LogP contribution in [-0.2, 0) is 14.3 Å². The smallest absolute Gasteiger partial charge is 0.311 e. The first kappa shape index (κ1) is 17.6. The van der Waals surface area contributed by atoms with Crippen LogP contribution in [-0.4, -0.2) is 19.0 Å². The molecule has 4 bridgehead atoms. The molecule has 26 heavy (non-hydrogen) atoms. The number of carbonyl (C=O) groups excluding carboxylic acids is 2. The maximum absolute atomic E-state index is 13.1. The summed E-state index contributed by atoms with van der Waals surface area (Å²) in [7, 11) is 1.48. The number of methoxy groups -OCH3 is 1. The molecule has 140 valence electrons. The number of hydrogen-bond donors (Lipinski definition) is 1. The van der Waals surface area contributed by atoms with E-state index in [9.17, 15) is 9.59 Å². The van der Waals surface area contributed by atoms with Crippen molar-refractivity contribution in [3.8, 4) is 0 Å². The zero-order valence-corrected chi connectivity index (χ0v) is 15.7. The molecular formula is C22H29NO3. The average molecular weight is 355 g/mol. The molecule has 0 heterocycles. The van der Waals surface area contributed by atoms with Gasteiger partial charge >= 0.3 is 5.97 Å². The van der Waals surface area contributed by atoms with Crippen molar-refractivity contribution in [2.24, 2.45) is 29.1 Å². The number of hydrogen-bond acceptors (Lipinski definition) is 3. The second-order valence-corrected chi connectivity index (χ2v) is 8.87. The Morgan fingerprint density at radius 3 is 2.04 bits per heavy atom. The molecule has 0 unspecified atom stereocenters. The van der Waals surface area contributed by atoms with E-state index in [0.29, 0.717) is 0 Å². The van der Waals surface area contributed by atoms with E-state index in [-0.39, 0.29) is 29.3 Å². The van der Waals surface area contributed by atoms with Crippen LogP contribution in [0.25, 0.3) is 0 Å². The van der Waals surface area contributed by atoms with Crippen LogP contribution in [0.3, 0.4) is 0 Å². The Balaban J connectivity index is 1.76. The summed E-state index contributed by atoms with van der Waals surface area (Å²) in [5, 5.41) is 3.10. The minimum Gasteiger partial charge on any atom is -0.469 e. The van der Waals surface area contributed by atoms with Gasteiger partial charge in [0.15, 0.2) is 0 Å². The number of rotatable bonds is 5. The van der Waals surface area contributed by atoms with Gasteiger partial charge in [-0.1, -0.05) is 30.3 Å². The van der Waals surface area contributed by atoms with E-state index in [0.717, 1.165) is 42.6 Å². The highest BCUT2D eigenvalue weighted by Gasteiger charge is 2.58. The Bertz CT molecular complexity index is 649. The second-order valence-electron chi connectivity index (χ2n) is 8.87. The molecule has 2 atom stereocenters. The number of carbonyl (C=O) groups is 2. The molecule has 4 aliphatic carbocycles. The molecule has 1 amide bonds. The molecule has 0 aliphatic heterocycles. The highest BCUT2D eigenvalue weighted by molar-refractivity contribution is 5.78. The predicted molar refractivity (Wildman–Crippen MR) is 99.1 cm³/mol. The zero-order chi connectivity index (χ0) is 18.3. The van der Waals surface area contributed by atoms with Crippen LogP contribution in [0.15, 0.2) is 30.3 Å². The lowest BCUT2D eigenvalue weighted by Crippen LogP contribution is -2.55. The zero-order valence-electron chi connectivity index (χ0n) is 15.7. The monoisotopic (exact) mass is 355 g/mol. The summed E-state index contributed by atoms with van der Waals surface area (Å²) in [4.78, 5) is 25.1. The number of benzene rings is 1. The van der Waals surface area contributed by atoms with Gasteiger partial charge in [0, 0.05) is 6.92 Å². The van der Waals surface area contributed by atoms with Crippen LogP contribution in [0.5, 0.6) is 0 Å². The molecule has 1 N–H and O–H groups in total. The van der Waals surface area contributed by atoms with Crippen molar-refractivity contribution >= 4 is 11.9 Å². The minimum atomic E-state index is -0.322. The van der Waals surface area contributed by atoms with Crippen molar-refractivity contribution in [1.82, 2.24) is 5.32 Å².